The van der Waals surface area contributed by atoms with Crippen LogP contribution in [0, 0.1) is 17.2 Å². The molecular weight excluding hydrogens is 707 g/mol. The lowest BCUT2D eigenvalue weighted by Gasteiger charge is -2.39. The van der Waals surface area contributed by atoms with E-state index in [1.165, 1.54) is 0 Å². The largest absolute Gasteiger partial charge is 0.387 e. The lowest BCUT2D eigenvalue weighted by atomic mass is 9.95. The van der Waals surface area contributed by atoms with Crippen molar-refractivity contribution in [1.82, 2.24) is 45.3 Å². The third-order valence-corrected chi connectivity index (χ3v) is 11.4. The molecular formula is C37H39N13O3S. The van der Waals surface area contributed by atoms with Crippen LogP contribution in [0.3, 0.4) is 0 Å². The SMILES string of the molecule is CNc1cc(-c2ccc3cc(C#N)cnn23)ncc1-c1nnc(N2CCN(CC3CCN(c4ccc(C(=O)NC5CCC(=O)NC5=O)nc4)CC3)CC2)s1. The highest BCUT2D eigenvalue weighted by Gasteiger charge is 2.29. The van der Waals surface area contributed by atoms with Crippen LogP contribution in [0.15, 0.2) is 55.0 Å². The number of amides is 3. The first kappa shape index (κ1) is 35.1. The number of imide groups is 1. The number of piperazine rings is 1. The summed E-state index contributed by atoms with van der Waals surface area (Å²) in [6.45, 7) is 6.63. The fourth-order valence-electron chi connectivity index (χ4n) is 7.31. The number of hydrogen-bond donors (Lipinski definition) is 3. The number of aromatic nitrogens is 6. The van der Waals surface area contributed by atoms with Gasteiger partial charge in [-0.15, -0.1) is 10.2 Å². The summed E-state index contributed by atoms with van der Waals surface area (Å²) in [5, 5.41) is 32.7. The van der Waals surface area contributed by atoms with Gasteiger partial charge in [0.25, 0.3) is 5.91 Å². The van der Waals surface area contributed by atoms with E-state index in [-0.39, 0.29) is 24.4 Å². The molecule has 1 atom stereocenters. The molecule has 5 aromatic heterocycles. The summed E-state index contributed by atoms with van der Waals surface area (Å²) in [6.07, 6.45) is 7.76. The fraction of sp³-hybridized carbons (Fsp3) is 0.378. The Hall–Kier alpha value is -5.99. The van der Waals surface area contributed by atoms with Gasteiger partial charge in [-0.25, -0.2) is 9.50 Å². The van der Waals surface area contributed by atoms with Crippen LogP contribution < -0.4 is 25.8 Å². The third kappa shape index (κ3) is 7.30. The van der Waals surface area contributed by atoms with Crippen molar-refractivity contribution < 1.29 is 14.4 Å². The molecule has 0 bridgehead atoms. The molecule has 54 heavy (non-hydrogen) atoms. The molecule has 3 fully saturated rings. The highest BCUT2D eigenvalue weighted by molar-refractivity contribution is 7.18. The number of pyridine rings is 2. The molecule has 0 aromatic carbocycles. The van der Waals surface area contributed by atoms with E-state index >= 15 is 0 Å². The molecule has 8 heterocycles. The van der Waals surface area contributed by atoms with Gasteiger partial charge in [0.05, 0.1) is 46.1 Å². The standard InChI is InChI=1S/C37H39N13O3S/c1-39-30-17-31(32-6-3-25-16-24(18-38)19-42-50(25)32)41-21-27(30)36-45-46-37(54-36)49-14-12-47(13-15-49)22-23-8-10-48(11-9-23)26-2-4-28(40-20-26)34(52)43-29-5-7-33(51)44-35(29)53/h2-4,6,16-17,19-21,23,29H,5,7-15,22H2,1H3,(H,39,41)(H,43,52)(H,44,51,53). The van der Waals surface area contributed by atoms with E-state index < -0.39 is 17.9 Å². The molecule has 0 radical (unpaired) electrons. The molecule has 3 aliphatic rings. The van der Waals surface area contributed by atoms with Crippen LogP contribution in [-0.2, 0) is 9.59 Å². The van der Waals surface area contributed by atoms with Crippen LogP contribution in [0.1, 0.15) is 41.7 Å². The molecule has 0 saturated carbocycles. The van der Waals surface area contributed by atoms with Gasteiger partial charge in [0, 0.05) is 71.2 Å². The lowest BCUT2D eigenvalue weighted by molar-refractivity contribution is -0.134. The highest BCUT2D eigenvalue weighted by atomic mass is 32.1. The smallest absolute Gasteiger partial charge is 0.270 e. The Bertz CT molecular complexity index is 2230. The summed E-state index contributed by atoms with van der Waals surface area (Å²) in [4.78, 5) is 52.3. The second kappa shape index (κ2) is 15.2. The van der Waals surface area contributed by atoms with Crippen molar-refractivity contribution in [3.05, 3.63) is 66.2 Å². The van der Waals surface area contributed by atoms with Crippen molar-refractivity contribution in [2.24, 2.45) is 5.92 Å². The van der Waals surface area contributed by atoms with E-state index in [0.29, 0.717) is 11.5 Å². The molecule has 0 spiro atoms. The maximum absolute atomic E-state index is 12.7. The van der Waals surface area contributed by atoms with Crippen LogP contribution in [0.4, 0.5) is 16.5 Å². The second-order valence-corrected chi connectivity index (χ2v) is 14.7. The molecule has 3 N–H and O–H groups in total. The minimum atomic E-state index is -0.728. The summed E-state index contributed by atoms with van der Waals surface area (Å²) in [5.41, 5.74) is 5.94. The van der Waals surface area contributed by atoms with Crippen LogP contribution in [0.25, 0.3) is 27.5 Å². The van der Waals surface area contributed by atoms with Gasteiger partial charge < -0.3 is 20.4 Å². The quantitative estimate of drug-likeness (QED) is 0.187. The fourth-order valence-corrected chi connectivity index (χ4v) is 8.23. The summed E-state index contributed by atoms with van der Waals surface area (Å²) in [7, 11) is 1.88. The molecule has 0 aliphatic carbocycles. The Morgan fingerprint density at radius 1 is 0.963 bits per heavy atom. The number of carbonyl (C=O) groups excluding carboxylic acids is 3. The predicted molar refractivity (Wildman–Crippen MR) is 203 cm³/mol. The Morgan fingerprint density at radius 3 is 2.54 bits per heavy atom. The number of nitrogens with zero attached hydrogens (tertiary/aromatic N) is 10. The molecule has 3 amide bonds. The second-order valence-electron chi connectivity index (χ2n) is 13.8. The van der Waals surface area contributed by atoms with Crippen LogP contribution in [0.2, 0.25) is 0 Å². The van der Waals surface area contributed by atoms with Gasteiger partial charge in [0.1, 0.15) is 17.8 Å². The van der Waals surface area contributed by atoms with Gasteiger partial charge in [-0.2, -0.15) is 10.4 Å². The first-order valence-corrected chi connectivity index (χ1v) is 18.9. The number of fused-ring (bicyclic) bond motifs is 1. The van der Waals surface area contributed by atoms with Gasteiger partial charge in [0.15, 0.2) is 5.01 Å². The minimum Gasteiger partial charge on any atom is -0.387 e. The number of rotatable bonds is 9. The minimum absolute atomic E-state index is 0.203. The molecule has 5 aromatic rings. The average molecular weight is 746 g/mol. The van der Waals surface area contributed by atoms with Gasteiger partial charge in [-0.05, 0) is 61.6 Å². The number of nitriles is 1. The van der Waals surface area contributed by atoms with Crippen LogP contribution >= 0.6 is 11.3 Å². The van der Waals surface area contributed by atoms with E-state index in [0.717, 1.165) is 103 Å². The van der Waals surface area contributed by atoms with Gasteiger partial charge in [-0.1, -0.05) is 11.3 Å². The molecule has 8 rings (SSSR count). The maximum Gasteiger partial charge on any atom is 0.270 e. The lowest BCUT2D eigenvalue weighted by Crippen LogP contribution is -2.52. The molecule has 16 nitrogen and oxygen atoms in total. The van der Waals surface area contributed by atoms with E-state index in [9.17, 15) is 19.6 Å². The Balaban J connectivity index is 0.811. The summed E-state index contributed by atoms with van der Waals surface area (Å²) in [6, 6.07) is 12.7. The van der Waals surface area contributed by atoms with E-state index in [1.807, 2.05) is 37.5 Å². The van der Waals surface area contributed by atoms with Crippen molar-refractivity contribution in [2.75, 3.05) is 68.0 Å². The molecule has 3 aliphatic heterocycles. The number of nitrogens with one attached hydrogen (secondary N) is 3. The molecule has 276 valence electrons. The van der Waals surface area contributed by atoms with Gasteiger partial charge in [-0.3, -0.25) is 29.6 Å². The monoisotopic (exact) mass is 745 g/mol. The van der Waals surface area contributed by atoms with Crippen molar-refractivity contribution in [3.63, 3.8) is 0 Å². The van der Waals surface area contributed by atoms with Crippen molar-refractivity contribution in [2.45, 2.75) is 31.7 Å². The summed E-state index contributed by atoms with van der Waals surface area (Å²) < 4.78 is 1.78. The number of piperidine rings is 2. The Kier molecular flexibility index (Phi) is 9.85. The van der Waals surface area contributed by atoms with Crippen molar-refractivity contribution in [1.29, 1.82) is 5.26 Å². The zero-order chi connectivity index (χ0) is 37.2. The first-order valence-electron chi connectivity index (χ1n) is 18.1. The zero-order valence-electron chi connectivity index (χ0n) is 29.7. The highest BCUT2D eigenvalue weighted by Crippen LogP contribution is 2.35. The topological polar surface area (TPSA) is 190 Å². The maximum atomic E-state index is 12.7. The Morgan fingerprint density at radius 2 is 1.80 bits per heavy atom. The van der Waals surface area contributed by atoms with Gasteiger partial charge in [0.2, 0.25) is 16.9 Å². The zero-order valence-corrected chi connectivity index (χ0v) is 30.6. The van der Waals surface area contributed by atoms with Crippen molar-refractivity contribution >= 4 is 51.1 Å². The van der Waals surface area contributed by atoms with E-state index in [2.05, 4.69) is 57.0 Å². The average Bonchev–Trinajstić information content (AvgIpc) is 3.87. The van der Waals surface area contributed by atoms with Crippen LogP contribution in [-0.4, -0.2) is 111 Å². The number of hydrogen-bond acceptors (Lipinski definition) is 14. The molecule has 1 unspecified atom stereocenters. The third-order valence-electron chi connectivity index (χ3n) is 10.4. The predicted octanol–water partition coefficient (Wildman–Crippen LogP) is 2.80. The van der Waals surface area contributed by atoms with Gasteiger partial charge >= 0.3 is 0 Å². The number of anilines is 3. The normalized spacial score (nSPS) is 18.4. The summed E-state index contributed by atoms with van der Waals surface area (Å²) in [5.74, 6) is -0.615. The summed E-state index contributed by atoms with van der Waals surface area (Å²) >= 11 is 1.57. The van der Waals surface area contributed by atoms with Crippen molar-refractivity contribution in [3.8, 4) is 28.0 Å². The van der Waals surface area contributed by atoms with E-state index in [4.69, 9.17) is 4.98 Å². The Labute approximate surface area is 315 Å². The molecule has 17 heteroatoms. The van der Waals surface area contributed by atoms with E-state index in [1.54, 1.807) is 40.4 Å². The first-order chi connectivity index (χ1) is 26.3. The van der Waals surface area contributed by atoms with Crippen LogP contribution in [0.5, 0.6) is 0 Å². The molecule has 3 saturated heterocycles. The number of carbonyl (C=O) groups is 3.